The van der Waals surface area contributed by atoms with Gasteiger partial charge in [0.25, 0.3) is 5.56 Å². The number of rotatable bonds is 3. The van der Waals surface area contributed by atoms with E-state index < -0.39 is 30.1 Å². The van der Waals surface area contributed by atoms with E-state index in [4.69, 9.17) is 15.2 Å². The molecule has 118 valence electrons. The van der Waals surface area contributed by atoms with Gasteiger partial charge in [0.2, 0.25) is 0 Å². The smallest absolute Gasteiger partial charge is 0.300 e. The minimum Gasteiger partial charge on any atom is -0.468 e. The molecule has 1 fully saturated rings. The standard InChI is InChI=1S/C11H18N4O6/c1-15-10(19)5(8(12)14-11(15)20-2)13-9-7(18)6(17)4(16)3-21-9/h4,6-7,9,13,16-18H,3,12H2,1-2H3/t4-,6+,7-,9-/m1/s1. The summed E-state index contributed by atoms with van der Waals surface area (Å²) in [6.45, 7) is -0.195. The second kappa shape index (κ2) is 5.85. The number of nitrogens with zero attached hydrogens (tertiary/aromatic N) is 2. The van der Waals surface area contributed by atoms with Gasteiger partial charge in [0.1, 0.15) is 24.0 Å². The second-order valence-corrected chi connectivity index (χ2v) is 4.67. The lowest BCUT2D eigenvalue weighted by Gasteiger charge is -2.35. The number of nitrogens with one attached hydrogen (secondary N) is 1. The van der Waals surface area contributed by atoms with Gasteiger partial charge >= 0.3 is 6.01 Å². The Morgan fingerprint density at radius 3 is 2.71 bits per heavy atom. The SMILES string of the molecule is COc1nc(N)c(N[C@@H]2OC[C@@H](O)[C@H](O)[C@H]2O)c(=O)n1C. The largest absolute Gasteiger partial charge is 0.468 e. The zero-order valence-corrected chi connectivity index (χ0v) is 11.6. The molecule has 0 bridgehead atoms. The Kier molecular flexibility index (Phi) is 4.32. The number of ether oxygens (including phenoxy) is 2. The molecule has 1 aromatic heterocycles. The Balaban J connectivity index is 2.28. The maximum atomic E-state index is 12.1. The summed E-state index contributed by atoms with van der Waals surface area (Å²) in [6.07, 6.45) is -5.13. The number of hydrogen-bond acceptors (Lipinski definition) is 9. The van der Waals surface area contributed by atoms with Crippen molar-refractivity contribution in [2.75, 3.05) is 24.8 Å². The van der Waals surface area contributed by atoms with Gasteiger partial charge in [-0.15, -0.1) is 0 Å². The van der Waals surface area contributed by atoms with E-state index in [1.54, 1.807) is 0 Å². The summed E-state index contributed by atoms with van der Waals surface area (Å²) in [5.41, 5.74) is 5.05. The molecule has 0 aromatic carbocycles. The average Bonchev–Trinajstić information content (AvgIpc) is 2.47. The highest BCUT2D eigenvalue weighted by atomic mass is 16.5. The third-order valence-electron chi connectivity index (χ3n) is 3.25. The first-order valence-electron chi connectivity index (χ1n) is 6.19. The highest BCUT2D eigenvalue weighted by Crippen LogP contribution is 2.20. The summed E-state index contributed by atoms with van der Waals surface area (Å²) >= 11 is 0. The normalized spacial score (nSPS) is 29.2. The molecule has 1 saturated heterocycles. The summed E-state index contributed by atoms with van der Waals surface area (Å²) in [5, 5.41) is 31.4. The van der Waals surface area contributed by atoms with Crippen LogP contribution in [0.2, 0.25) is 0 Å². The number of anilines is 2. The first kappa shape index (κ1) is 15.5. The number of hydrogen-bond donors (Lipinski definition) is 5. The number of nitrogens with two attached hydrogens (primary N) is 1. The van der Waals surface area contributed by atoms with Crippen LogP contribution in [0.15, 0.2) is 4.79 Å². The van der Waals surface area contributed by atoms with Crippen LogP contribution in [-0.4, -0.2) is 63.1 Å². The van der Waals surface area contributed by atoms with E-state index in [0.29, 0.717) is 0 Å². The fourth-order valence-corrected chi connectivity index (χ4v) is 1.99. The molecule has 4 atom stereocenters. The van der Waals surface area contributed by atoms with Crippen LogP contribution >= 0.6 is 0 Å². The summed E-state index contributed by atoms with van der Waals surface area (Å²) < 4.78 is 11.2. The lowest BCUT2D eigenvalue weighted by molar-refractivity contribution is -0.178. The fourth-order valence-electron chi connectivity index (χ4n) is 1.99. The summed E-state index contributed by atoms with van der Waals surface area (Å²) in [6, 6.07) is 0.0311. The van der Waals surface area contributed by atoms with Crippen LogP contribution in [0.3, 0.4) is 0 Å². The molecular formula is C11H18N4O6. The molecule has 21 heavy (non-hydrogen) atoms. The lowest BCUT2D eigenvalue weighted by Crippen LogP contribution is -2.56. The van der Waals surface area contributed by atoms with Crippen LogP contribution in [0.1, 0.15) is 0 Å². The molecule has 0 saturated carbocycles. The van der Waals surface area contributed by atoms with Crippen molar-refractivity contribution in [2.45, 2.75) is 24.5 Å². The molecule has 0 radical (unpaired) electrons. The van der Waals surface area contributed by atoms with Crippen molar-refractivity contribution in [1.29, 1.82) is 0 Å². The van der Waals surface area contributed by atoms with Crippen molar-refractivity contribution >= 4 is 11.5 Å². The van der Waals surface area contributed by atoms with Gasteiger partial charge in [-0.2, -0.15) is 4.98 Å². The van der Waals surface area contributed by atoms with Crippen LogP contribution in [-0.2, 0) is 11.8 Å². The maximum absolute atomic E-state index is 12.1. The molecule has 6 N–H and O–H groups in total. The third-order valence-corrected chi connectivity index (χ3v) is 3.25. The molecule has 1 aliphatic rings. The molecule has 10 nitrogen and oxygen atoms in total. The van der Waals surface area contributed by atoms with Crippen molar-refractivity contribution < 1.29 is 24.8 Å². The van der Waals surface area contributed by atoms with Crippen LogP contribution in [0.25, 0.3) is 0 Å². The van der Waals surface area contributed by atoms with Crippen molar-refractivity contribution in [3.8, 4) is 6.01 Å². The van der Waals surface area contributed by atoms with Crippen molar-refractivity contribution in [3.05, 3.63) is 10.4 Å². The van der Waals surface area contributed by atoms with Crippen molar-refractivity contribution in [2.24, 2.45) is 7.05 Å². The molecule has 0 aliphatic carbocycles. The molecule has 1 aliphatic heterocycles. The number of aromatic nitrogens is 2. The molecule has 1 aromatic rings. The minimum atomic E-state index is -1.43. The fraction of sp³-hybridized carbons (Fsp3) is 0.636. The zero-order valence-electron chi connectivity index (χ0n) is 11.6. The highest BCUT2D eigenvalue weighted by molar-refractivity contribution is 5.61. The monoisotopic (exact) mass is 302 g/mol. The van der Waals surface area contributed by atoms with E-state index in [2.05, 4.69) is 10.3 Å². The second-order valence-electron chi connectivity index (χ2n) is 4.67. The minimum absolute atomic E-state index is 0.0311. The van der Waals surface area contributed by atoms with Crippen LogP contribution in [0.5, 0.6) is 6.01 Å². The van der Waals surface area contributed by atoms with Gasteiger partial charge in [-0.25, -0.2) is 0 Å². The Bertz CT molecular complexity index is 577. The molecule has 10 heteroatoms. The van der Waals surface area contributed by atoms with Crippen molar-refractivity contribution in [1.82, 2.24) is 9.55 Å². The van der Waals surface area contributed by atoms with E-state index in [9.17, 15) is 20.1 Å². The highest BCUT2D eigenvalue weighted by Gasteiger charge is 2.38. The maximum Gasteiger partial charge on any atom is 0.300 e. The number of nitrogen functional groups attached to an aromatic ring is 1. The van der Waals surface area contributed by atoms with Crippen LogP contribution in [0.4, 0.5) is 11.5 Å². The summed E-state index contributed by atoms with van der Waals surface area (Å²) in [7, 11) is 2.79. The Morgan fingerprint density at radius 1 is 1.43 bits per heavy atom. The molecule has 0 spiro atoms. The number of aliphatic hydroxyl groups excluding tert-OH is 3. The quantitative estimate of drug-likeness (QED) is 0.399. The third kappa shape index (κ3) is 2.78. The van der Waals surface area contributed by atoms with E-state index in [1.807, 2.05) is 0 Å². The first-order chi connectivity index (χ1) is 9.86. The van der Waals surface area contributed by atoms with Gasteiger partial charge in [0, 0.05) is 7.05 Å². The van der Waals surface area contributed by atoms with Gasteiger partial charge in [0.15, 0.2) is 12.0 Å². The van der Waals surface area contributed by atoms with Crippen LogP contribution in [0, 0.1) is 0 Å². The number of aliphatic hydroxyl groups is 3. The Morgan fingerprint density at radius 2 is 2.10 bits per heavy atom. The molecule has 2 rings (SSSR count). The molecule has 2 heterocycles. The van der Waals surface area contributed by atoms with Gasteiger partial charge < -0.3 is 35.8 Å². The molecule has 0 unspecified atom stereocenters. The van der Waals surface area contributed by atoms with Crippen LogP contribution < -0.4 is 21.3 Å². The van der Waals surface area contributed by atoms with E-state index >= 15 is 0 Å². The topological polar surface area (TPSA) is 152 Å². The Labute approximate surface area is 119 Å². The molecular weight excluding hydrogens is 284 g/mol. The summed E-state index contributed by atoms with van der Waals surface area (Å²) in [4.78, 5) is 16.0. The predicted octanol–water partition coefficient (Wildman–Crippen LogP) is -2.78. The summed E-state index contributed by atoms with van der Waals surface area (Å²) in [5.74, 6) is -0.133. The predicted molar refractivity (Wildman–Crippen MR) is 71.8 cm³/mol. The lowest BCUT2D eigenvalue weighted by atomic mass is 10.0. The van der Waals surface area contributed by atoms with Crippen molar-refractivity contribution in [3.63, 3.8) is 0 Å². The van der Waals surface area contributed by atoms with Gasteiger partial charge in [-0.1, -0.05) is 0 Å². The van der Waals surface area contributed by atoms with Gasteiger partial charge in [-0.05, 0) is 0 Å². The van der Waals surface area contributed by atoms with E-state index in [1.165, 1.54) is 14.2 Å². The molecule has 0 amide bonds. The van der Waals surface area contributed by atoms with Gasteiger partial charge in [0.05, 0.1) is 13.7 Å². The van der Waals surface area contributed by atoms with Gasteiger partial charge in [-0.3, -0.25) is 9.36 Å². The number of methoxy groups -OCH3 is 1. The zero-order chi connectivity index (χ0) is 15.7. The Hall–Kier alpha value is -1.88. The average molecular weight is 302 g/mol. The van der Waals surface area contributed by atoms with E-state index in [-0.39, 0.29) is 24.1 Å². The first-order valence-corrected chi connectivity index (χ1v) is 6.19. The van der Waals surface area contributed by atoms with E-state index in [0.717, 1.165) is 4.57 Å².